The van der Waals surface area contributed by atoms with Gasteiger partial charge in [0, 0.05) is 23.3 Å². The molecule has 4 heteroatoms. The van der Waals surface area contributed by atoms with Crippen LogP contribution in [-0.4, -0.2) is 16.5 Å². The molecule has 1 atom stereocenters. The van der Waals surface area contributed by atoms with E-state index in [0.717, 1.165) is 0 Å². The molecule has 0 aliphatic carbocycles. The zero-order valence-corrected chi connectivity index (χ0v) is 11.5. The van der Waals surface area contributed by atoms with Gasteiger partial charge in [0.1, 0.15) is 0 Å². The van der Waals surface area contributed by atoms with Crippen LogP contribution in [0.15, 0.2) is 42.0 Å². The largest absolute Gasteiger partial charge is 0.354 e. The molecule has 0 aliphatic rings. The monoisotopic (exact) mass is 262 g/mol. The van der Waals surface area contributed by atoms with Gasteiger partial charge in [-0.05, 0) is 37.4 Å². The summed E-state index contributed by atoms with van der Waals surface area (Å²) in [5.74, 6) is 0.0945. The molecule has 2 rings (SSSR count). The van der Waals surface area contributed by atoms with Crippen LogP contribution in [0.4, 0.5) is 0 Å². The zero-order valence-electron chi connectivity index (χ0n) is 10.7. The molecule has 96 valence electrons. The molecule has 2 aromatic heterocycles. The third-order valence-electron chi connectivity index (χ3n) is 2.69. The van der Waals surface area contributed by atoms with Gasteiger partial charge < -0.3 is 9.88 Å². The molecule has 0 saturated carbocycles. The molecule has 2 heterocycles. The maximum atomic E-state index is 11.9. The van der Waals surface area contributed by atoms with Crippen molar-refractivity contribution in [3.63, 3.8) is 0 Å². The smallest absolute Gasteiger partial charge is 0.222 e. The second-order valence-corrected chi connectivity index (χ2v) is 5.57. The minimum Gasteiger partial charge on any atom is -0.354 e. The molecule has 2 aromatic rings. The standard InChI is InChI=1S/C14H18N2OS/c1-11(2)15-14(17)10-12(13-6-5-9-18-13)16-7-3-4-8-16/h3-9,11-12H,10H2,1-2H3,(H,15,17). The SMILES string of the molecule is CC(C)NC(=O)CC(c1cccs1)n1cccc1. The average Bonchev–Trinajstić information content (AvgIpc) is 2.98. The van der Waals surface area contributed by atoms with Crippen LogP contribution in [0.2, 0.25) is 0 Å². The fraction of sp³-hybridized carbons (Fsp3) is 0.357. The van der Waals surface area contributed by atoms with E-state index < -0.39 is 0 Å². The lowest BCUT2D eigenvalue weighted by molar-refractivity contribution is -0.122. The summed E-state index contributed by atoms with van der Waals surface area (Å²) in [5.41, 5.74) is 0. The van der Waals surface area contributed by atoms with Gasteiger partial charge >= 0.3 is 0 Å². The number of thiophene rings is 1. The lowest BCUT2D eigenvalue weighted by Gasteiger charge is -2.18. The van der Waals surface area contributed by atoms with Gasteiger partial charge in [0.25, 0.3) is 0 Å². The third kappa shape index (κ3) is 3.23. The highest BCUT2D eigenvalue weighted by atomic mass is 32.1. The van der Waals surface area contributed by atoms with Crippen LogP contribution in [0.1, 0.15) is 31.2 Å². The Morgan fingerprint density at radius 1 is 1.33 bits per heavy atom. The van der Waals surface area contributed by atoms with Crippen molar-refractivity contribution in [1.29, 1.82) is 0 Å². The predicted octanol–water partition coefficient (Wildman–Crippen LogP) is 3.05. The number of carbonyl (C=O) groups excluding carboxylic acids is 1. The maximum Gasteiger partial charge on any atom is 0.222 e. The highest BCUT2D eigenvalue weighted by Gasteiger charge is 2.18. The van der Waals surface area contributed by atoms with E-state index in [1.165, 1.54) is 4.88 Å². The number of hydrogen-bond acceptors (Lipinski definition) is 2. The Morgan fingerprint density at radius 3 is 2.61 bits per heavy atom. The molecule has 1 unspecified atom stereocenters. The molecule has 18 heavy (non-hydrogen) atoms. The van der Waals surface area contributed by atoms with Crippen molar-refractivity contribution in [3.8, 4) is 0 Å². The highest BCUT2D eigenvalue weighted by molar-refractivity contribution is 7.10. The van der Waals surface area contributed by atoms with E-state index in [4.69, 9.17) is 0 Å². The molecule has 0 spiro atoms. The Labute approximate surface area is 111 Å². The number of carbonyl (C=O) groups is 1. The summed E-state index contributed by atoms with van der Waals surface area (Å²) < 4.78 is 2.09. The van der Waals surface area contributed by atoms with Crippen molar-refractivity contribution in [1.82, 2.24) is 9.88 Å². The summed E-state index contributed by atoms with van der Waals surface area (Å²) in [6, 6.07) is 8.36. The van der Waals surface area contributed by atoms with Crippen molar-refractivity contribution in [2.75, 3.05) is 0 Å². The maximum absolute atomic E-state index is 11.9. The van der Waals surface area contributed by atoms with E-state index in [9.17, 15) is 4.79 Å². The summed E-state index contributed by atoms with van der Waals surface area (Å²) >= 11 is 1.69. The van der Waals surface area contributed by atoms with Crippen molar-refractivity contribution >= 4 is 17.2 Å². The van der Waals surface area contributed by atoms with Crippen LogP contribution < -0.4 is 5.32 Å². The van der Waals surface area contributed by atoms with E-state index >= 15 is 0 Å². The predicted molar refractivity (Wildman–Crippen MR) is 74.8 cm³/mol. The topological polar surface area (TPSA) is 34.0 Å². The first-order valence-corrected chi connectivity index (χ1v) is 7.00. The Kier molecular flexibility index (Phi) is 4.20. The van der Waals surface area contributed by atoms with Crippen molar-refractivity contribution in [2.24, 2.45) is 0 Å². The Hall–Kier alpha value is -1.55. The van der Waals surface area contributed by atoms with Gasteiger partial charge in [0.15, 0.2) is 0 Å². The molecular weight excluding hydrogens is 244 g/mol. The molecule has 0 fully saturated rings. The second-order valence-electron chi connectivity index (χ2n) is 4.59. The van der Waals surface area contributed by atoms with E-state index in [0.29, 0.717) is 6.42 Å². The van der Waals surface area contributed by atoms with Crippen LogP contribution in [0.5, 0.6) is 0 Å². The number of nitrogens with zero attached hydrogens (tertiary/aromatic N) is 1. The van der Waals surface area contributed by atoms with Gasteiger partial charge in [-0.3, -0.25) is 4.79 Å². The molecule has 1 N–H and O–H groups in total. The van der Waals surface area contributed by atoms with Gasteiger partial charge in [-0.25, -0.2) is 0 Å². The number of nitrogens with one attached hydrogen (secondary N) is 1. The van der Waals surface area contributed by atoms with Crippen LogP contribution in [0, 0.1) is 0 Å². The van der Waals surface area contributed by atoms with Crippen LogP contribution in [0.3, 0.4) is 0 Å². The van der Waals surface area contributed by atoms with Crippen molar-refractivity contribution < 1.29 is 4.79 Å². The molecule has 0 saturated heterocycles. The van der Waals surface area contributed by atoms with E-state index in [2.05, 4.69) is 16.0 Å². The van der Waals surface area contributed by atoms with Gasteiger partial charge in [0.05, 0.1) is 12.5 Å². The lowest BCUT2D eigenvalue weighted by Crippen LogP contribution is -2.32. The molecule has 1 amide bonds. The average molecular weight is 262 g/mol. The fourth-order valence-electron chi connectivity index (χ4n) is 1.95. The first kappa shape index (κ1) is 12.9. The number of hydrogen-bond donors (Lipinski definition) is 1. The first-order valence-electron chi connectivity index (χ1n) is 6.12. The number of aromatic nitrogens is 1. The quantitative estimate of drug-likeness (QED) is 0.883. The minimum atomic E-state index is 0.0945. The lowest BCUT2D eigenvalue weighted by atomic mass is 10.1. The second kappa shape index (κ2) is 5.87. The zero-order chi connectivity index (χ0) is 13.0. The van der Waals surface area contributed by atoms with E-state index in [1.54, 1.807) is 11.3 Å². The molecular formula is C14H18N2OS. The van der Waals surface area contributed by atoms with Crippen LogP contribution >= 0.6 is 11.3 Å². The number of rotatable bonds is 5. The Bertz CT molecular complexity index is 440. The fourth-order valence-corrected chi connectivity index (χ4v) is 2.78. The molecule has 0 bridgehead atoms. The minimum absolute atomic E-state index is 0.0945. The van der Waals surface area contributed by atoms with Crippen molar-refractivity contribution in [2.45, 2.75) is 32.4 Å². The van der Waals surface area contributed by atoms with Gasteiger partial charge in [-0.1, -0.05) is 6.07 Å². The molecule has 0 radical (unpaired) electrons. The molecule has 3 nitrogen and oxygen atoms in total. The Balaban J connectivity index is 2.14. The van der Waals surface area contributed by atoms with Gasteiger partial charge in [-0.2, -0.15) is 0 Å². The summed E-state index contributed by atoms with van der Waals surface area (Å²) in [7, 11) is 0. The summed E-state index contributed by atoms with van der Waals surface area (Å²) in [4.78, 5) is 13.1. The third-order valence-corrected chi connectivity index (χ3v) is 3.66. The normalized spacial score (nSPS) is 12.6. The van der Waals surface area contributed by atoms with Crippen LogP contribution in [0.25, 0.3) is 0 Å². The number of amides is 1. The summed E-state index contributed by atoms with van der Waals surface area (Å²) in [6.45, 7) is 3.96. The van der Waals surface area contributed by atoms with E-state index in [1.807, 2.05) is 49.8 Å². The highest BCUT2D eigenvalue weighted by Crippen LogP contribution is 2.26. The summed E-state index contributed by atoms with van der Waals surface area (Å²) in [6.07, 6.45) is 4.49. The Morgan fingerprint density at radius 2 is 2.06 bits per heavy atom. The van der Waals surface area contributed by atoms with Crippen LogP contribution in [-0.2, 0) is 4.79 Å². The van der Waals surface area contributed by atoms with Crippen molar-refractivity contribution in [3.05, 3.63) is 46.9 Å². The van der Waals surface area contributed by atoms with Gasteiger partial charge in [-0.15, -0.1) is 11.3 Å². The van der Waals surface area contributed by atoms with E-state index in [-0.39, 0.29) is 18.0 Å². The summed E-state index contributed by atoms with van der Waals surface area (Å²) in [5, 5.41) is 5.00. The molecule has 0 aromatic carbocycles. The molecule has 0 aliphatic heterocycles. The first-order chi connectivity index (χ1) is 8.66. The van der Waals surface area contributed by atoms with Gasteiger partial charge in [0.2, 0.25) is 5.91 Å².